The molecule has 0 aromatic carbocycles. The Labute approximate surface area is 139 Å². The Kier molecular flexibility index (Phi) is 4.98. The van der Waals surface area contributed by atoms with Gasteiger partial charge in [0.05, 0.1) is 5.75 Å². The van der Waals surface area contributed by atoms with Crippen molar-refractivity contribution in [3.63, 3.8) is 0 Å². The van der Waals surface area contributed by atoms with E-state index in [4.69, 9.17) is 0 Å². The molecule has 0 aliphatic heterocycles. The quantitative estimate of drug-likeness (QED) is 0.670. The number of thioether (sulfide) groups is 1. The third-order valence-corrected chi connectivity index (χ3v) is 6.27. The van der Waals surface area contributed by atoms with Crippen molar-refractivity contribution in [1.82, 2.24) is 15.3 Å². The Hall–Kier alpha value is -1.14. The summed E-state index contributed by atoms with van der Waals surface area (Å²) in [5.74, 6) is 0.497. The van der Waals surface area contributed by atoms with Crippen LogP contribution in [-0.4, -0.2) is 27.7 Å². The third kappa shape index (κ3) is 3.27. The van der Waals surface area contributed by atoms with Gasteiger partial charge in [-0.3, -0.25) is 4.79 Å². The summed E-state index contributed by atoms with van der Waals surface area (Å²) in [6.45, 7) is 4.10. The van der Waals surface area contributed by atoms with Gasteiger partial charge in [0.25, 0.3) is 0 Å². The maximum absolute atomic E-state index is 12.0. The van der Waals surface area contributed by atoms with E-state index in [1.165, 1.54) is 40.4 Å². The lowest BCUT2D eigenvalue weighted by Gasteiger charge is -2.12. The molecule has 2 heterocycles. The van der Waals surface area contributed by atoms with Crippen molar-refractivity contribution in [2.75, 3.05) is 5.75 Å². The number of nitrogens with zero attached hydrogens (tertiary/aromatic N) is 2. The second kappa shape index (κ2) is 6.96. The molecule has 4 nitrogen and oxygen atoms in total. The van der Waals surface area contributed by atoms with Gasteiger partial charge < -0.3 is 5.32 Å². The highest BCUT2D eigenvalue weighted by molar-refractivity contribution is 8.00. The first-order valence-electron chi connectivity index (χ1n) is 7.86. The van der Waals surface area contributed by atoms with E-state index in [-0.39, 0.29) is 11.9 Å². The number of rotatable bonds is 5. The molecular formula is C16H21N3OS2. The van der Waals surface area contributed by atoms with Crippen molar-refractivity contribution in [1.29, 1.82) is 0 Å². The van der Waals surface area contributed by atoms with Crippen LogP contribution in [0, 0.1) is 0 Å². The van der Waals surface area contributed by atoms with Crippen LogP contribution >= 0.6 is 23.1 Å². The first-order valence-corrected chi connectivity index (χ1v) is 9.66. The Morgan fingerprint density at radius 2 is 2.23 bits per heavy atom. The molecule has 0 saturated heterocycles. The number of fused-ring (bicyclic) bond motifs is 3. The Balaban J connectivity index is 1.79. The fourth-order valence-corrected chi connectivity index (χ4v) is 4.85. The van der Waals surface area contributed by atoms with Crippen LogP contribution in [0.3, 0.4) is 0 Å². The summed E-state index contributed by atoms with van der Waals surface area (Å²) in [4.78, 5) is 23.4. The predicted octanol–water partition coefficient (Wildman–Crippen LogP) is 3.58. The fourth-order valence-electron chi connectivity index (χ4n) is 2.72. The minimum Gasteiger partial charge on any atom is -0.353 e. The van der Waals surface area contributed by atoms with E-state index < -0.39 is 0 Å². The van der Waals surface area contributed by atoms with E-state index in [1.807, 2.05) is 6.92 Å². The number of carbonyl (C=O) groups is 1. The van der Waals surface area contributed by atoms with Crippen LogP contribution in [0.25, 0.3) is 10.2 Å². The van der Waals surface area contributed by atoms with Gasteiger partial charge in [-0.2, -0.15) is 0 Å². The zero-order chi connectivity index (χ0) is 15.5. The highest BCUT2D eigenvalue weighted by atomic mass is 32.2. The molecule has 22 heavy (non-hydrogen) atoms. The van der Waals surface area contributed by atoms with Crippen molar-refractivity contribution in [3.8, 4) is 0 Å². The molecule has 2 aromatic heterocycles. The molecule has 3 rings (SSSR count). The SMILES string of the molecule is CC[C@H](C)NC(=O)CSc1ncnc2sc3c(c12)CCCC3. The lowest BCUT2D eigenvalue weighted by molar-refractivity contribution is -0.119. The van der Waals surface area contributed by atoms with E-state index >= 15 is 0 Å². The highest BCUT2D eigenvalue weighted by Gasteiger charge is 2.20. The molecule has 0 radical (unpaired) electrons. The first-order chi connectivity index (χ1) is 10.7. The van der Waals surface area contributed by atoms with Gasteiger partial charge in [0.1, 0.15) is 16.2 Å². The largest absolute Gasteiger partial charge is 0.353 e. The maximum Gasteiger partial charge on any atom is 0.230 e. The summed E-state index contributed by atoms with van der Waals surface area (Å²) < 4.78 is 0. The summed E-state index contributed by atoms with van der Waals surface area (Å²) in [5, 5.41) is 5.16. The molecule has 0 bridgehead atoms. The van der Waals surface area contributed by atoms with Crippen LogP contribution in [0.2, 0.25) is 0 Å². The monoisotopic (exact) mass is 335 g/mol. The van der Waals surface area contributed by atoms with Gasteiger partial charge in [0, 0.05) is 16.3 Å². The maximum atomic E-state index is 12.0. The molecular weight excluding hydrogens is 314 g/mol. The topological polar surface area (TPSA) is 54.9 Å². The van der Waals surface area contributed by atoms with Gasteiger partial charge in [0.15, 0.2) is 0 Å². The number of hydrogen-bond acceptors (Lipinski definition) is 5. The van der Waals surface area contributed by atoms with E-state index in [1.54, 1.807) is 17.7 Å². The van der Waals surface area contributed by atoms with Gasteiger partial charge in [-0.05, 0) is 44.6 Å². The van der Waals surface area contributed by atoms with Gasteiger partial charge in [-0.1, -0.05) is 18.7 Å². The van der Waals surface area contributed by atoms with Crippen molar-refractivity contribution in [2.24, 2.45) is 0 Å². The first kappa shape index (κ1) is 15.7. The summed E-state index contributed by atoms with van der Waals surface area (Å²) in [7, 11) is 0. The Morgan fingerprint density at radius 1 is 1.41 bits per heavy atom. The van der Waals surface area contributed by atoms with Crippen molar-refractivity contribution in [2.45, 2.75) is 57.0 Å². The lowest BCUT2D eigenvalue weighted by Crippen LogP contribution is -2.33. The minimum absolute atomic E-state index is 0.0789. The van der Waals surface area contributed by atoms with E-state index in [0.29, 0.717) is 5.75 Å². The molecule has 1 aliphatic carbocycles. The minimum atomic E-state index is 0.0789. The average Bonchev–Trinajstić information content (AvgIpc) is 2.91. The molecule has 1 aliphatic rings. The molecule has 0 saturated carbocycles. The third-order valence-electron chi connectivity index (χ3n) is 4.08. The number of aryl methyl sites for hydroxylation is 2. The summed E-state index contributed by atoms with van der Waals surface area (Å²) in [5.41, 5.74) is 1.43. The number of amides is 1. The molecule has 0 fully saturated rings. The van der Waals surface area contributed by atoms with Crippen LogP contribution in [0.5, 0.6) is 0 Å². The van der Waals surface area contributed by atoms with Gasteiger partial charge in [-0.15, -0.1) is 11.3 Å². The molecule has 6 heteroatoms. The Morgan fingerprint density at radius 3 is 3.05 bits per heavy atom. The second-order valence-electron chi connectivity index (χ2n) is 5.74. The highest BCUT2D eigenvalue weighted by Crippen LogP contribution is 2.39. The molecule has 1 amide bonds. The van der Waals surface area contributed by atoms with E-state index in [0.717, 1.165) is 29.1 Å². The van der Waals surface area contributed by atoms with Crippen molar-refractivity contribution < 1.29 is 4.79 Å². The van der Waals surface area contributed by atoms with E-state index in [9.17, 15) is 4.79 Å². The van der Waals surface area contributed by atoms with Gasteiger partial charge >= 0.3 is 0 Å². The molecule has 0 unspecified atom stereocenters. The average molecular weight is 335 g/mol. The fraction of sp³-hybridized carbons (Fsp3) is 0.562. The molecule has 2 aromatic rings. The van der Waals surface area contributed by atoms with Crippen LogP contribution in [0.4, 0.5) is 0 Å². The zero-order valence-electron chi connectivity index (χ0n) is 13.0. The van der Waals surface area contributed by atoms with Crippen LogP contribution < -0.4 is 5.32 Å². The van der Waals surface area contributed by atoms with Crippen molar-refractivity contribution >= 4 is 39.2 Å². The standard InChI is InChI=1S/C16H21N3OS2/c1-3-10(2)19-13(20)8-21-15-14-11-6-4-5-7-12(11)22-16(14)18-9-17-15/h9-10H,3-8H2,1-2H3,(H,19,20)/t10-/m0/s1. The molecule has 118 valence electrons. The summed E-state index contributed by atoms with van der Waals surface area (Å²) in [6, 6.07) is 0.229. The number of carbonyl (C=O) groups excluding carboxylic acids is 1. The molecule has 0 spiro atoms. The number of hydrogen-bond donors (Lipinski definition) is 1. The van der Waals surface area contributed by atoms with Gasteiger partial charge in [0.2, 0.25) is 5.91 Å². The smallest absolute Gasteiger partial charge is 0.230 e. The normalized spacial score (nSPS) is 15.5. The second-order valence-corrected chi connectivity index (χ2v) is 7.78. The summed E-state index contributed by atoms with van der Waals surface area (Å²) >= 11 is 3.33. The Bertz CT molecular complexity index is 683. The van der Waals surface area contributed by atoms with Crippen LogP contribution in [0.15, 0.2) is 11.4 Å². The number of thiophene rings is 1. The zero-order valence-corrected chi connectivity index (χ0v) is 14.6. The van der Waals surface area contributed by atoms with Crippen LogP contribution in [0.1, 0.15) is 43.6 Å². The molecule has 1 atom stereocenters. The van der Waals surface area contributed by atoms with Crippen molar-refractivity contribution in [3.05, 3.63) is 16.8 Å². The van der Waals surface area contributed by atoms with E-state index in [2.05, 4.69) is 22.2 Å². The lowest BCUT2D eigenvalue weighted by atomic mass is 9.97. The predicted molar refractivity (Wildman–Crippen MR) is 92.7 cm³/mol. The van der Waals surface area contributed by atoms with Gasteiger partial charge in [-0.25, -0.2) is 9.97 Å². The number of aromatic nitrogens is 2. The molecule has 1 N–H and O–H groups in total. The number of nitrogens with one attached hydrogen (secondary N) is 1. The summed E-state index contributed by atoms with van der Waals surface area (Å²) in [6.07, 6.45) is 7.37. The van der Waals surface area contributed by atoms with Crippen LogP contribution in [-0.2, 0) is 17.6 Å².